The van der Waals surface area contributed by atoms with Gasteiger partial charge in [-0.15, -0.1) is 0 Å². The summed E-state index contributed by atoms with van der Waals surface area (Å²) >= 11 is 3.18. The molecule has 0 aliphatic carbocycles. The van der Waals surface area contributed by atoms with Crippen molar-refractivity contribution in [3.8, 4) is 0 Å². The molecule has 1 atom stereocenters. The van der Waals surface area contributed by atoms with Gasteiger partial charge in [0, 0.05) is 4.47 Å². The Balaban J connectivity index is 3.07. The first-order valence-corrected chi connectivity index (χ1v) is 6.24. The first kappa shape index (κ1) is 14.2. The molecule has 17 heavy (non-hydrogen) atoms. The Morgan fingerprint density at radius 1 is 1.53 bits per heavy atom. The number of aliphatic carboxylic acids is 1. The van der Waals surface area contributed by atoms with Crippen LogP contribution in [0.15, 0.2) is 22.7 Å². The molecule has 0 aromatic heterocycles. The molecule has 1 unspecified atom stereocenters. The van der Waals surface area contributed by atoms with E-state index in [1.54, 1.807) is 19.1 Å². The number of carbonyl (C=O) groups is 1. The highest BCUT2D eigenvalue weighted by Crippen LogP contribution is 2.33. The van der Waals surface area contributed by atoms with Gasteiger partial charge in [0.25, 0.3) is 0 Å². The second kappa shape index (κ2) is 5.17. The van der Waals surface area contributed by atoms with E-state index in [0.29, 0.717) is 10.0 Å². The van der Waals surface area contributed by atoms with Crippen molar-refractivity contribution in [1.29, 1.82) is 0 Å². The van der Waals surface area contributed by atoms with Crippen LogP contribution in [-0.4, -0.2) is 11.1 Å². The van der Waals surface area contributed by atoms with Crippen molar-refractivity contribution in [2.75, 3.05) is 0 Å². The smallest absolute Gasteiger partial charge is 0.309 e. The van der Waals surface area contributed by atoms with Crippen LogP contribution in [-0.2, 0) is 11.2 Å². The largest absolute Gasteiger partial charge is 0.481 e. The average Bonchev–Trinajstić information content (AvgIpc) is 2.21. The quantitative estimate of drug-likeness (QED) is 0.916. The zero-order chi connectivity index (χ0) is 13.2. The van der Waals surface area contributed by atoms with E-state index in [2.05, 4.69) is 15.9 Å². The summed E-state index contributed by atoms with van der Waals surface area (Å²) in [5.41, 5.74) is -0.513. The van der Waals surface area contributed by atoms with Crippen LogP contribution in [0.4, 0.5) is 4.39 Å². The Bertz CT molecular complexity index is 431. The maximum absolute atomic E-state index is 13.7. The van der Waals surface area contributed by atoms with Crippen LogP contribution in [0.3, 0.4) is 0 Å². The Kier molecular flexibility index (Phi) is 4.31. The van der Waals surface area contributed by atoms with E-state index in [1.165, 1.54) is 6.07 Å². The Morgan fingerprint density at radius 2 is 2.12 bits per heavy atom. The minimum Gasteiger partial charge on any atom is -0.481 e. The third kappa shape index (κ3) is 3.06. The molecule has 4 heteroatoms. The van der Waals surface area contributed by atoms with E-state index in [-0.39, 0.29) is 18.2 Å². The molecule has 0 saturated heterocycles. The number of rotatable bonds is 4. The zero-order valence-corrected chi connectivity index (χ0v) is 11.7. The number of hydrogen-bond donors (Lipinski definition) is 1. The molecule has 1 aromatic carbocycles. The normalized spacial score (nSPS) is 14.7. The lowest BCUT2D eigenvalue weighted by Gasteiger charge is -2.29. The van der Waals surface area contributed by atoms with E-state index >= 15 is 0 Å². The summed E-state index contributed by atoms with van der Waals surface area (Å²) in [7, 11) is 0. The molecule has 0 heterocycles. The molecule has 0 amide bonds. The molecule has 1 N–H and O–H groups in total. The predicted molar refractivity (Wildman–Crippen MR) is 68.4 cm³/mol. The Labute approximate surface area is 109 Å². The molecular formula is C13H16BrFO2. The zero-order valence-electron chi connectivity index (χ0n) is 10.1. The average molecular weight is 303 g/mol. The first-order valence-electron chi connectivity index (χ1n) is 5.44. The van der Waals surface area contributed by atoms with E-state index in [9.17, 15) is 14.3 Å². The van der Waals surface area contributed by atoms with Gasteiger partial charge < -0.3 is 5.11 Å². The van der Waals surface area contributed by atoms with E-state index in [4.69, 9.17) is 0 Å². The summed E-state index contributed by atoms with van der Waals surface area (Å²) in [6.45, 7) is 5.33. The fourth-order valence-electron chi connectivity index (χ4n) is 1.59. The molecule has 0 radical (unpaired) electrons. The minimum absolute atomic E-state index is 0.0666. The van der Waals surface area contributed by atoms with Crippen molar-refractivity contribution in [1.82, 2.24) is 0 Å². The SMILES string of the molecule is CC(C)C(C)(Cc1ccc(Br)cc1F)C(=O)O. The summed E-state index contributed by atoms with van der Waals surface area (Å²) in [6, 6.07) is 4.71. The highest BCUT2D eigenvalue weighted by molar-refractivity contribution is 9.10. The summed E-state index contributed by atoms with van der Waals surface area (Å²) < 4.78 is 14.3. The Hall–Kier alpha value is -0.900. The number of hydrogen-bond acceptors (Lipinski definition) is 1. The van der Waals surface area contributed by atoms with Gasteiger partial charge in [0.05, 0.1) is 5.41 Å². The predicted octanol–water partition coefficient (Wildman–Crippen LogP) is 3.88. The van der Waals surface area contributed by atoms with Gasteiger partial charge in [0.1, 0.15) is 5.82 Å². The van der Waals surface area contributed by atoms with Crippen LogP contribution >= 0.6 is 15.9 Å². The van der Waals surface area contributed by atoms with E-state index in [1.807, 2.05) is 13.8 Å². The molecule has 0 fully saturated rings. The van der Waals surface area contributed by atoms with Gasteiger partial charge >= 0.3 is 5.97 Å². The number of halogens is 2. The monoisotopic (exact) mass is 302 g/mol. The second-order valence-corrected chi connectivity index (χ2v) is 5.71. The van der Waals surface area contributed by atoms with Crippen molar-refractivity contribution in [2.45, 2.75) is 27.2 Å². The van der Waals surface area contributed by atoms with Crippen LogP contribution in [0.2, 0.25) is 0 Å². The second-order valence-electron chi connectivity index (χ2n) is 4.79. The van der Waals surface area contributed by atoms with Gasteiger partial charge in [0.2, 0.25) is 0 Å². The summed E-state index contributed by atoms with van der Waals surface area (Å²) in [4.78, 5) is 11.3. The van der Waals surface area contributed by atoms with Crippen LogP contribution < -0.4 is 0 Å². The summed E-state index contributed by atoms with van der Waals surface area (Å²) in [6.07, 6.45) is 0.194. The molecule has 1 rings (SSSR count). The highest BCUT2D eigenvalue weighted by Gasteiger charge is 2.37. The molecule has 0 spiro atoms. The Morgan fingerprint density at radius 3 is 2.53 bits per heavy atom. The van der Waals surface area contributed by atoms with Crippen molar-refractivity contribution in [3.63, 3.8) is 0 Å². The van der Waals surface area contributed by atoms with E-state index < -0.39 is 11.4 Å². The summed E-state index contributed by atoms with van der Waals surface area (Å²) in [5, 5.41) is 9.28. The standard InChI is InChI=1S/C13H16BrFO2/c1-8(2)13(3,12(16)17)7-9-4-5-10(14)6-11(9)15/h4-6,8H,7H2,1-3H3,(H,16,17). The van der Waals surface area contributed by atoms with Gasteiger partial charge in [-0.05, 0) is 37.0 Å². The third-order valence-electron chi connectivity index (χ3n) is 3.34. The fraction of sp³-hybridized carbons (Fsp3) is 0.462. The van der Waals surface area contributed by atoms with Crippen molar-refractivity contribution < 1.29 is 14.3 Å². The molecule has 2 nitrogen and oxygen atoms in total. The van der Waals surface area contributed by atoms with Crippen LogP contribution in [0.1, 0.15) is 26.3 Å². The van der Waals surface area contributed by atoms with Crippen LogP contribution in [0, 0.1) is 17.2 Å². The van der Waals surface area contributed by atoms with Gasteiger partial charge in [-0.1, -0.05) is 35.8 Å². The third-order valence-corrected chi connectivity index (χ3v) is 3.83. The van der Waals surface area contributed by atoms with Crippen LogP contribution in [0.25, 0.3) is 0 Å². The lowest BCUT2D eigenvalue weighted by atomic mass is 9.74. The minimum atomic E-state index is -0.950. The lowest BCUT2D eigenvalue weighted by Crippen LogP contribution is -2.35. The van der Waals surface area contributed by atoms with Gasteiger partial charge in [0.15, 0.2) is 0 Å². The molecule has 1 aromatic rings. The number of carboxylic acid groups (broad SMARTS) is 1. The molecular weight excluding hydrogens is 287 g/mol. The van der Waals surface area contributed by atoms with Gasteiger partial charge in [-0.3, -0.25) is 4.79 Å². The highest BCUT2D eigenvalue weighted by atomic mass is 79.9. The molecule has 0 aliphatic heterocycles. The maximum Gasteiger partial charge on any atom is 0.309 e. The first-order chi connectivity index (χ1) is 7.77. The topological polar surface area (TPSA) is 37.3 Å². The summed E-state index contributed by atoms with van der Waals surface area (Å²) in [5.74, 6) is -1.33. The number of benzene rings is 1. The van der Waals surface area contributed by atoms with Crippen molar-refractivity contribution in [3.05, 3.63) is 34.1 Å². The van der Waals surface area contributed by atoms with Crippen molar-refractivity contribution >= 4 is 21.9 Å². The number of carboxylic acids is 1. The maximum atomic E-state index is 13.7. The van der Waals surface area contributed by atoms with Crippen molar-refractivity contribution in [2.24, 2.45) is 11.3 Å². The molecule has 0 aliphatic rings. The van der Waals surface area contributed by atoms with E-state index in [0.717, 1.165) is 0 Å². The molecule has 0 bridgehead atoms. The lowest BCUT2D eigenvalue weighted by molar-refractivity contribution is -0.150. The van der Waals surface area contributed by atoms with Crippen LogP contribution in [0.5, 0.6) is 0 Å². The van der Waals surface area contributed by atoms with Gasteiger partial charge in [-0.2, -0.15) is 0 Å². The molecule has 94 valence electrons. The fourth-order valence-corrected chi connectivity index (χ4v) is 1.92. The molecule has 0 saturated carbocycles. The van der Waals surface area contributed by atoms with Gasteiger partial charge in [-0.25, -0.2) is 4.39 Å².